The van der Waals surface area contributed by atoms with E-state index < -0.39 is 0 Å². The van der Waals surface area contributed by atoms with Gasteiger partial charge in [-0.15, -0.1) is 0 Å². The first-order chi connectivity index (χ1) is 12.1. The largest absolute Gasteiger partial charge is 0.349 e. The molecule has 0 aliphatic heterocycles. The Kier molecular flexibility index (Phi) is 5.42. The van der Waals surface area contributed by atoms with E-state index >= 15 is 0 Å². The van der Waals surface area contributed by atoms with Gasteiger partial charge in [-0.3, -0.25) is 9.78 Å². The highest BCUT2D eigenvalue weighted by Crippen LogP contribution is 2.22. The molecule has 0 aliphatic rings. The van der Waals surface area contributed by atoms with Crippen LogP contribution in [0.4, 0.5) is 11.6 Å². The molecule has 0 spiro atoms. The molecule has 3 aromatic rings. The van der Waals surface area contributed by atoms with Gasteiger partial charge in [-0.1, -0.05) is 29.3 Å². The van der Waals surface area contributed by atoms with E-state index in [1.54, 1.807) is 24.4 Å². The van der Waals surface area contributed by atoms with Gasteiger partial charge in [0.25, 0.3) is 5.91 Å². The SMILES string of the molecule is O=C(Nc1cc(Cl)cc(Cl)c1)c1cnc(NCc2ccccn2)nc1. The number of anilines is 2. The Bertz CT molecular complexity index is 852. The van der Waals surface area contributed by atoms with E-state index in [4.69, 9.17) is 23.2 Å². The molecule has 0 radical (unpaired) electrons. The van der Waals surface area contributed by atoms with Gasteiger partial charge in [0, 0.05) is 34.3 Å². The fraction of sp³-hybridized carbons (Fsp3) is 0.0588. The third-order valence-corrected chi connectivity index (χ3v) is 3.62. The average molecular weight is 374 g/mol. The molecule has 1 aromatic carbocycles. The number of rotatable bonds is 5. The first-order valence-corrected chi connectivity index (χ1v) is 8.09. The number of hydrogen-bond acceptors (Lipinski definition) is 5. The molecule has 2 heterocycles. The molecule has 0 saturated heterocycles. The molecule has 2 N–H and O–H groups in total. The second-order valence-corrected chi connectivity index (χ2v) is 5.96. The van der Waals surface area contributed by atoms with Crippen LogP contribution in [-0.4, -0.2) is 20.9 Å². The van der Waals surface area contributed by atoms with Gasteiger partial charge in [-0.05, 0) is 30.3 Å². The number of carbonyl (C=O) groups excluding carboxylic acids is 1. The monoisotopic (exact) mass is 373 g/mol. The van der Waals surface area contributed by atoms with Crippen LogP contribution < -0.4 is 10.6 Å². The Morgan fingerprint density at radius 3 is 2.36 bits per heavy atom. The zero-order valence-electron chi connectivity index (χ0n) is 12.9. The Morgan fingerprint density at radius 1 is 1.00 bits per heavy atom. The fourth-order valence-electron chi connectivity index (χ4n) is 2.04. The Labute approximate surface area is 154 Å². The molecule has 0 unspecified atom stereocenters. The van der Waals surface area contributed by atoms with E-state index in [1.807, 2.05) is 18.2 Å². The summed E-state index contributed by atoms with van der Waals surface area (Å²) in [5.74, 6) is 0.0580. The Hall–Kier alpha value is -2.70. The smallest absolute Gasteiger partial charge is 0.258 e. The van der Waals surface area contributed by atoms with Gasteiger partial charge in [-0.25, -0.2) is 9.97 Å². The molecule has 0 aliphatic carbocycles. The molecule has 3 rings (SSSR count). The first kappa shape index (κ1) is 17.1. The molecule has 0 bridgehead atoms. The summed E-state index contributed by atoms with van der Waals surface area (Å²) in [6.45, 7) is 0.493. The number of nitrogens with one attached hydrogen (secondary N) is 2. The highest BCUT2D eigenvalue weighted by molar-refractivity contribution is 6.35. The average Bonchev–Trinajstić information content (AvgIpc) is 2.60. The highest BCUT2D eigenvalue weighted by Gasteiger charge is 2.09. The molecule has 6 nitrogen and oxygen atoms in total. The van der Waals surface area contributed by atoms with Crippen molar-refractivity contribution in [3.8, 4) is 0 Å². The van der Waals surface area contributed by atoms with Crippen molar-refractivity contribution in [1.82, 2.24) is 15.0 Å². The lowest BCUT2D eigenvalue weighted by Gasteiger charge is -2.07. The summed E-state index contributed by atoms with van der Waals surface area (Å²) in [6.07, 6.45) is 4.60. The van der Waals surface area contributed by atoms with E-state index in [9.17, 15) is 4.79 Å². The van der Waals surface area contributed by atoms with Gasteiger partial charge >= 0.3 is 0 Å². The number of pyridine rings is 1. The Balaban J connectivity index is 1.62. The third-order valence-electron chi connectivity index (χ3n) is 3.19. The standard InChI is InChI=1S/C17H13Cl2N5O/c18-12-5-13(19)7-15(6-12)24-16(25)11-8-21-17(22-9-11)23-10-14-3-1-2-4-20-14/h1-9H,10H2,(H,24,25)(H,21,22,23). The summed E-state index contributed by atoms with van der Waals surface area (Å²) in [6, 6.07) is 10.4. The summed E-state index contributed by atoms with van der Waals surface area (Å²) in [5.41, 5.74) is 1.69. The van der Waals surface area contributed by atoms with Gasteiger partial charge in [-0.2, -0.15) is 0 Å². The summed E-state index contributed by atoms with van der Waals surface area (Å²) >= 11 is 11.8. The van der Waals surface area contributed by atoms with Crippen molar-refractivity contribution in [1.29, 1.82) is 0 Å². The van der Waals surface area contributed by atoms with Crippen LogP contribution in [0.25, 0.3) is 0 Å². The second-order valence-electron chi connectivity index (χ2n) is 5.08. The minimum absolute atomic E-state index is 0.319. The van der Waals surface area contributed by atoms with E-state index in [1.165, 1.54) is 12.4 Å². The molecule has 0 saturated carbocycles. The zero-order chi connectivity index (χ0) is 17.6. The van der Waals surface area contributed by atoms with Crippen LogP contribution in [0.5, 0.6) is 0 Å². The highest BCUT2D eigenvalue weighted by atomic mass is 35.5. The van der Waals surface area contributed by atoms with Crippen LogP contribution in [0.2, 0.25) is 10.0 Å². The molecule has 1 amide bonds. The van der Waals surface area contributed by atoms with Gasteiger partial charge in [0.05, 0.1) is 17.8 Å². The van der Waals surface area contributed by atoms with Crippen molar-refractivity contribution in [2.75, 3.05) is 10.6 Å². The third kappa shape index (κ3) is 4.89. The molecule has 126 valence electrons. The van der Waals surface area contributed by atoms with Gasteiger partial charge in [0.15, 0.2) is 0 Å². The minimum Gasteiger partial charge on any atom is -0.349 e. The molecule has 25 heavy (non-hydrogen) atoms. The maximum absolute atomic E-state index is 12.2. The number of benzene rings is 1. The molecular weight excluding hydrogens is 361 g/mol. The van der Waals surface area contributed by atoms with Crippen LogP contribution in [0.3, 0.4) is 0 Å². The number of nitrogens with zero attached hydrogens (tertiary/aromatic N) is 3. The van der Waals surface area contributed by atoms with E-state index in [0.29, 0.717) is 33.8 Å². The first-order valence-electron chi connectivity index (χ1n) is 7.33. The number of aromatic nitrogens is 3. The molecule has 8 heteroatoms. The van der Waals surface area contributed by atoms with Gasteiger partial charge in [0.2, 0.25) is 5.95 Å². The quantitative estimate of drug-likeness (QED) is 0.705. The number of carbonyl (C=O) groups is 1. The van der Waals surface area contributed by atoms with Crippen LogP contribution >= 0.6 is 23.2 Å². The lowest BCUT2D eigenvalue weighted by molar-refractivity contribution is 0.102. The second kappa shape index (κ2) is 7.92. The summed E-state index contributed by atoms with van der Waals surface area (Å²) < 4.78 is 0. The maximum Gasteiger partial charge on any atom is 0.258 e. The van der Waals surface area contributed by atoms with Crippen LogP contribution in [0, 0.1) is 0 Å². The van der Waals surface area contributed by atoms with Crippen molar-refractivity contribution >= 4 is 40.7 Å². The van der Waals surface area contributed by atoms with Crippen molar-refractivity contribution in [3.05, 3.63) is 76.3 Å². The topological polar surface area (TPSA) is 79.8 Å². The number of amides is 1. The van der Waals surface area contributed by atoms with E-state index in [0.717, 1.165) is 5.69 Å². The van der Waals surface area contributed by atoms with Crippen molar-refractivity contribution in [2.24, 2.45) is 0 Å². The van der Waals surface area contributed by atoms with E-state index in [2.05, 4.69) is 25.6 Å². The van der Waals surface area contributed by atoms with Gasteiger partial charge in [0.1, 0.15) is 0 Å². The van der Waals surface area contributed by atoms with E-state index in [-0.39, 0.29) is 5.91 Å². The fourth-order valence-corrected chi connectivity index (χ4v) is 2.56. The predicted molar refractivity (Wildman–Crippen MR) is 98.0 cm³/mol. The van der Waals surface area contributed by atoms with Gasteiger partial charge < -0.3 is 10.6 Å². The number of hydrogen-bond donors (Lipinski definition) is 2. The van der Waals surface area contributed by atoms with Crippen molar-refractivity contribution < 1.29 is 4.79 Å². The predicted octanol–water partition coefficient (Wildman–Crippen LogP) is 4.04. The minimum atomic E-state index is -0.352. The summed E-state index contributed by atoms with van der Waals surface area (Å²) in [7, 11) is 0. The molecule has 2 aromatic heterocycles. The normalized spacial score (nSPS) is 10.3. The van der Waals surface area contributed by atoms with Crippen LogP contribution in [0.15, 0.2) is 55.0 Å². The summed E-state index contributed by atoms with van der Waals surface area (Å²) in [5, 5.41) is 6.62. The zero-order valence-corrected chi connectivity index (χ0v) is 14.4. The maximum atomic E-state index is 12.2. The Morgan fingerprint density at radius 2 is 1.72 bits per heavy atom. The summed E-state index contributed by atoms with van der Waals surface area (Å²) in [4.78, 5) is 24.7. The van der Waals surface area contributed by atoms with Crippen LogP contribution in [-0.2, 0) is 6.54 Å². The molecule has 0 atom stereocenters. The molecule has 0 fully saturated rings. The lowest BCUT2D eigenvalue weighted by Crippen LogP contribution is -2.13. The van der Waals surface area contributed by atoms with Crippen molar-refractivity contribution in [3.63, 3.8) is 0 Å². The lowest BCUT2D eigenvalue weighted by atomic mass is 10.2. The number of halogens is 2. The molecular formula is C17H13Cl2N5O. The van der Waals surface area contributed by atoms with Crippen molar-refractivity contribution in [2.45, 2.75) is 6.54 Å². The van der Waals surface area contributed by atoms with Crippen LogP contribution in [0.1, 0.15) is 16.1 Å².